The monoisotopic (exact) mass is 353 g/mol. The van der Waals surface area contributed by atoms with Crippen LogP contribution in [0.4, 0.5) is 5.69 Å². The van der Waals surface area contributed by atoms with Crippen molar-refractivity contribution in [2.45, 2.75) is 12.8 Å². The van der Waals surface area contributed by atoms with E-state index in [2.05, 4.69) is 21.2 Å². The van der Waals surface area contributed by atoms with E-state index in [0.717, 1.165) is 10.0 Å². The molecule has 2 aromatic rings. The van der Waals surface area contributed by atoms with E-state index in [0.29, 0.717) is 18.5 Å². The molecule has 20 heavy (non-hydrogen) atoms. The lowest BCUT2D eigenvalue weighted by molar-refractivity contribution is -0.116. The first-order chi connectivity index (χ1) is 9.56. The smallest absolute Gasteiger partial charge is 0.338 e. The summed E-state index contributed by atoms with van der Waals surface area (Å²) in [6.45, 7) is 0. The molecule has 2 N–H and O–H groups in total. The molecule has 1 amide bonds. The molecule has 0 unspecified atom stereocenters. The van der Waals surface area contributed by atoms with Crippen LogP contribution in [0.25, 0.3) is 0 Å². The summed E-state index contributed by atoms with van der Waals surface area (Å²) in [4.78, 5) is 22.7. The number of carbonyl (C=O) groups is 2. The molecule has 104 valence electrons. The molecule has 0 saturated carbocycles. The second-order valence-electron chi connectivity index (χ2n) is 4.18. The highest BCUT2D eigenvalue weighted by Gasteiger charge is 2.13. The van der Waals surface area contributed by atoms with Crippen molar-refractivity contribution in [1.82, 2.24) is 0 Å². The fraction of sp³-hybridized carbons (Fsp3) is 0.143. The van der Waals surface area contributed by atoms with Gasteiger partial charge in [0.1, 0.15) is 0 Å². The first-order valence-electron chi connectivity index (χ1n) is 5.90. The number of rotatable bonds is 5. The van der Waals surface area contributed by atoms with Crippen LogP contribution in [-0.2, 0) is 11.2 Å². The Bertz CT molecular complexity index is 622. The van der Waals surface area contributed by atoms with Crippen LogP contribution in [0.15, 0.2) is 39.5 Å². The van der Waals surface area contributed by atoms with Crippen molar-refractivity contribution < 1.29 is 14.7 Å². The summed E-state index contributed by atoms with van der Waals surface area (Å²) in [5.74, 6) is -1.22. The standard InChI is InChI=1S/C14H12BrNO3S/c15-10-4-1-9(2-5-10)3-6-13(17)16-12-8-20-7-11(12)14(18)19/h1-2,4-5,7-8H,3,6H2,(H,16,17)(H,18,19). The van der Waals surface area contributed by atoms with Gasteiger partial charge in [0.05, 0.1) is 11.3 Å². The van der Waals surface area contributed by atoms with E-state index in [1.54, 1.807) is 5.38 Å². The van der Waals surface area contributed by atoms with Gasteiger partial charge in [-0.3, -0.25) is 4.79 Å². The molecule has 6 heteroatoms. The number of carbonyl (C=O) groups excluding carboxylic acids is 1. The minimum Gasteiger partial charge on any atom is -0.478 e. The normalized spacial score (nSPS) is 10.2. The van der Waals surface area contributed by atoms with Crippen LogP contribution in [0.3, 0.4) is 0 Å². The Hall–Kier alpha value is -1.66. The van der Waals surface area contributed by atoms with Crippen LogP contribution >= 0.6 is 27.3 Å². The third kappa shape index (κ3) is 3.91. The number of hydrogen-bond donors (Lipinski definition) is 2. The molecule has 0 saturated heterocycles. The van der Waals surface area contributed by atoms with Crippen molar-refractivity contribution in [1.29, 1.82) is 0 Å². The zero-order valence-corrected chi connectivity index (χ0v) is 12.8. The van der Waals surface area contributed by atoms with E-state index < -0.39 is 5.97 Å². The van der Waals surface area contributed by atoms with Crippen LogP contribution in [0.1, 0.15) is 22.3 Å². The Balaban J connectivity index is 1.91. The Labute approximate surface area is 128 Å². The molecular formula is C14H12BrNO3S. The highest BCUT2D eigenvalue weighted by atomic mass is 79.9. The van der Waals surface area contributed by atoms with Crippen molar-refractivity contribution >= 4 is 44.8 Å². The van der Waals surface area contributed by atoms with Crippen molar-refractivity contribution in [2.24, 2.45) is 0 Å². The Kier molecular flexibility index (Phi) is 4.92. The summed E-state index contributed by atoms with van der Waals surface area (Å²) in [5, 5.41) is 14.7. The largest absolute Gasteiger partial charge is 0.478 e. The van der Waals surface area contributed by atoms with Gasteiger partial charge >= 0.3 is 5.97 Å². The topological polar surface area (TPSA) is 66.4 Å². The van der Waals surface area contributed by atoms with Gasteiger partial charge in [-0.15, -0.1) is 11.3 Å². The molecule has 2 rings (SSSR count). The van der Waals surface area contributed by atoms with E-state index in [1.165, 1.54) is 16.7 Å². The Morgan fingerprint density at radius 1 is 1.20 bits per heavy atom. The second-order valence-corrected chi connectivity index (χ2v) is 5.84. The quantitative estimate of drug-likeness (QED) is 0.859. The van der Waals surface area contributed by atoms with Crippen molar-refractivity contribution in [3.63, 3.8) is 0 Å². The number of hydrogen-bond acceptors (Lipinski definition) is 3. The molecule has 0 radical (unpaired) electrons. The zero-order chi connectivity index (χ0) is 14.5. The highest BCUT2D eigenvalue weighted by Crippen LogP contribution is 2.21. The fourth-order valence-electron chi connectivity index (χ4n) is 1.68. The van der Waals surface area contributed by atoms with Crippen LogP contribution in [0.2, 0.25) is 0 Å². The van der Waals surface area contributed by atoms with Gasteiger partial charge in [-0.25, -0.2) is 4.79 Å². The van der Waals surface area contributed by atoms with Gasteiger partial charge in [0.25, 0.3) is 0 Å². The van der Waals surface area contributed by atoms with Crippen LogP contribution < -0.4 is 5.32 Å². The van der Waals surface area contributed by atoms with Gasteiger partial charge in [-0.1, -0.05) is 28.1 Å². The predicted molar refractivity (Wildman–Crippen MR) is 82.4 cm³/mol. The number of carboxylic acid groups (broad SMARTS) is 1. The zero-order valence-electron chi connectivity index (χ0n) is 10.4. The van der Waals surface area contributed by atoms with Crippen LogP contribution in [0, 0.1) is 0 Å². The molecule has 0 atom stereocenters. The van der Waals surface area contributed by atoms with Gasteiger partial charge in [0, 0.05) is 21.7 Å². The van der Waals surface area contributed by atoms with E-state index in [-0.39, 0.29) is 11.5 Å². The summed E-state index contributed by atoms with van der Waals surface area (Å²) in [5.41, 5.74) is 1.56. The molecule has 1 aromatic carbocycles. The molecule has 0 aliphatic rings. The number of thiophene rings is 1. The maximum absolute atomic E-state index is 11.8. The number of aromatic carboxylic acids is 1. The number of anilines is 1. The molecule has 0 aliphatic carbocycles. The number of halogens is 1. The van der Waals surface area contributed by atoms with Crippen LogP contribution in [0.5, 0.6) is 0 Å². The lowest BCUT2D eigenvalue weighted by Gasteiger charge is -2.05. The van der Waals surface area contributed by atoms with E-state index in [1.807, 2.05) is 24.3 Å². The molecule has 4 nitrogen and oxygen atoms in total. The van der Waals surface area contributed by atoms with Gasteiger partial charge < -0.3 is 10.4 Å². The summed E-state index contributed by atoms with van der Waals surface area (Å²) < 4.78 is 0.995. The third-order valence-corrected chi connectivity index (χ3v) is 3.99. The van der Waals surface area contributed by atoms with Crippen molar-refractivity contribution in [2.75, 3.05) is 5.32 Å². The first kappa shape index (κ1) is 14.7. The number of aryl methyl sites for hydroxylation is 1. The Morgan fingerprint density at radius 2 is 1.90 bits per heavy atom. The SMILES string of the molecule is O=C(CCc1ccc(Br)cc1)Nc1cscc1C(=O)O. The number of nitrogens with one attached hydrogen (secondary N) is 1. The fourth-order valence-corrected chi connectivity index (χ4v) is 2.70. The van der Waals surface area contributed by atoms with Gasteiger partial charge in [-0.2, -0.15) is 0 Å². The molecule has 0 fully saturated rings. The highest BCUT2D eigenvalue weighted by molar-refractivity contribution is 9.10. The summed E-state index contributed by atoms with van der Waals surface area (Å²) >= 11 is 4.60. The minimum absolute atomic E-state index is 0.131. The first-order valence-corrected chi connectivity index (χ1v) is 7.63. The van der Waals surface area contributed by atoms with E-state index >= 15 is 0 Å². The Morgan fingerprint density at radius 3 is 2.55 bits per heavy atom. The molecule has 0 spiro atoms. The second kappa shape index (κ2) is 6.67. The lowest BCUT2D eigenvalue weighted by atomic mass is 10.1. The molecule has 1 aromatic heterocycles. The van der Waals surface area contributed by atoms with Gasteiger partial charge in [0.2, 0.25) is 5.91 Å². The average molecular weight is 354 g/mol. The number of amides is 1. The maximum Gasteiger partial charge on any atom is 0.338 e. The predicted octanol–water partition coefficient (Wildman–Crippen LogP) is 3.78. The van der Waals surface area contributed by atoms with Gasteiger partial charge in [-0.05, 0) is 24.1 Å². The lowest BCUT2D eigenvalue weighted by Crippen LogP contribution is -2.14. The minimum atomic E-state index is -1.03. The summed E-state index contributed by atoms with van der Waals surface area (Å²) in [6.07, 6.45) is 0.933. The van der Waals surface area contributed by atoms with Crippen molar-refractivity contribution in [3.05, 3.63) is 50.6 Å². The van der Waals surface area contributed by atoms with Gasteiger partial charge in [0.15, 0.2) is 0 Å². The molecular weight excluding hydrogens is 342 g/mol. The average Bonchev–Trinajstić information content (AvgIpc) is 2.86. The molecule has 0 bridgehead atoms. The van der Waals surface area contributed by atoms with E-state index in [4.69, 9.17) is 5.11 Å². The molecule has 1 heterocycles. The summed E-state index contributed by atoms with van der Waals surface area (Å²) in [7, 11) is 0. The number of benzene rings is 1. The van der Waals surface area contributed by atoms with Crippen molar-refractivity contribution in [3.8, 4) is 0 Å². The maximum atomic E-state index is 11.8. The third-order valence-electron chi connectivity index (χ3n) is 2.72. The van der Waals surface area contributed by atoms with E-state index in [9.17, 15) is 9.59 Å². The van der Waals surface area contributed by atoms with Crippen LogP contribution in [-0.4, -0.2) is 17.0 Å². The molecule has 0 aliphatic heterocycles. The summed E-state index contributed by atoms with van der Waals surface area (Å²) in [6, 6.07) is 7.75. The number of carboxylic acids is 1.